The van der Waals surface area contributed by atoms with E-state index in [1.54, 1.807) is 18.2 Å². The van der Waals surface area contributed by atoms with Gasteiger partial charge in [0.2, 0.25) is 10.0 Å². The summed E-state index contributed by atoms with van der Waals surface area (Å²) in [7, 11) is -3.69. The van der Waals surface area contributed by atoms with Crippen molar-refractivity contribution in [1.82, 2.24) is 4.31 Å². The molecule has 1 aliphatic heterocycles. The first-order valence-corrected chi connectivity index (χ1v) is 10.4. The molecule has 134 valence electrons. The molecular formula is C16H14Cl4N2O2S. The molecule has 0 bridgehead atoms. The van der Waals surface area contributed by atoms with Gasteiger partial charge in [-0.05, 0) is 36.4 Å². The predicted octanol–water partition coefficient (Wildman–Crippen LogP) is 4.81. The van der Waals surface area contributed by atoms with Crippen molar-refractivity contribution in [2.75, 3.05) is 31.1 Å². The van der Waals surface area contributed by atoms with Crippen molar-refractivity contribution >= 4 is 62.1 Å². The van der Waals surface area contributed by atoms with Crippen molar-refractivity contribution in [3.63, 3.8) is 0 Å². The predicted molar refractivity (Wildman–Crippen MR) is 104 cm³/mol. The zero-order valence-electron chi connectivity index (χ0n) is 12.9. The fourth-order valence-electron chi connectivity index (χ4n) is 2.68. The normalized spacial score (nSPS) is 16.2. The molecule has 0 amide bonds. The molecule has 0 aromatic heterocycles. The summed E-state index contributed by atoms with van der Waals surface area (Å²) in [5.41, 5.74) is 0.909. The molecule has 0 radical (unpaired) electrons. The highest BCUT2D eigenvalue weighted by molar-refractivity contribution is 7.89. The van der Waals surface area contributed by atoms with E-state index in [1.807, 2.05) is 6.07 Å². The number of hydrogen-bond acceptors (Lipinski definition) is 3. The molecule has 1 saturated heterocycles. The van der Waals surface area contributed by atoms with E-state index in [2.05, 4.69) is 4.90 Å². The quantitative estimate of drug-likeness (QED) is 0.688. The number of piperazine rings is 1. The SMILES string of the molecule is O=S(=O)(c1cc(Cl)ccc1Cl)N1CCN(c2ccc(Cl)c(Cl)c2)CC1. The summed E-state index contributed by atoms with van der Waals surface area (Å²) in [6, 6.07) is 9.81. The molecule has 0 saturated carbocycles. The third-order valence-electron chi connectivity index (χ3n) is 4.02. The van der Waals surface area contributed by atoms with Crippen LogP contribution in [0.2, 0.25) is 20.1 Å². The van der Waals surface area contributed by atoms with Crippen molar-refractivity contribution < 1.29 is 8.42 Å². The average molecular weight is 440 g/mol. The molecule has 4 nitrogen and oxygen atoms in total. The molecule has 1 fully saturated rings. The van der Waals surface area contributed by atoms with E-state index in [1.165, 1.54) is 16.4 Å². The summed E-state index contributed by atoms with van der Waals surface area (Å²) < 4.78 is 27.1. The number of rotatable bonds is 3. The summed E-state index contributed by atoms with van der Waals surface area (Å²) in [6.45, 7) is 1.75. The highest BCUT2D eigenvalue weighted by Crippen LogP contribution is 2.30. The maximum atomic E-state index is 12.8. The monoisotopic (exact) mass is 438 g/mol. The molecule has 0 atom stereocenters. The highest BCUT2D eigenvalue weighted by atomic mass is 35.5. The van der Waals surface area contributed by atoms with Crippen LogP contribution in [0.15, 0.2) is 41.3 Å². The minimum Gasteiger partial charge on any atom is -0.369 e. The van der Waals surface area contributed by atoms with Crippen LogP contribution in [0.3, 0.4) is 0 Å². The van der Waals surface area contributed by atoms with Crippen molar-refractivity contribution in [1.29, 1.82) is 0 Å². The molecule has 0 N–H and O–H groups in total. The van der Waals surface area contributed by atoms with Crippen LogP contribution in [0.1, 0.15) is 0 Å². The van der Waals surface area contributed by atoms with Crippen LogP contribution >= 0.6 is 46.4 Å². The molecule has 2 aromatic carbocycles. The van der Waals surface area contributed by atoms with Gasteiger partial charge in [-0.2, -0.15) is 4.31 Å². The summed E-state index contributed by atoms with van der Waals surface area (Å²) in [4.78, 5) is 2.10. The van der Waals surface area contributed by atoms with E-state index in [-0.39, 0.29) is 9.92 Å². The summed E-state index contributed by atoms with van der Waals surface area (Å²) >= 11 is 24.0. The Kier molecular flexibility index (Phi) is 5.73. The Labute approximate surface area is 166 Å². The van der Waals surface area contributed by atoms with Gasteiger partial charge >= 0.3 is 0 Å². The van der Waals surface area contributed by atoms with Gasteiger partial charge in [0.15, 0.2) is 0 Å². The first-order chi connectivity index (χ1) is 11.8. The van der Waals surface area contributed by atoms with Gasteiger partial charge in [0.25, 0.3) is 0 Å². The number of benzene rings is 2. The first kappa shape index (κ1) is 19.1. The number of nitrogens with zero attached hydrogens (tertiary/aromatic N) is 2. The van der Waals surface area contributed by atoms with E-state index in [9.17, 15) is 8.42 Å². The number of sulfonamides is 1. The minimum absolute atomic E-state index is 0.0321. The van der Waals surface area contributed by atoms with Crippen LogP contribution in [0.5, 0.6) is 0 Å². The van der Waals surface area contributed by atoms with Gasteiger partial charge in [0, 0.05) is 36.9 Å². The molecule has 0 spiro atoms. The second-order valence-electron chi connectivity index (χ2n) is 5.56. The van der Waals surface area contributed by atoms with E-state index in [0.717, 1.165) is 5.69 Å². The molecular weight excluding hydrogens is 426 g/mol. The largest absolute Gasteiger partial charge is 0.369 e. The lowest BCUT2D eigenvalue weighted by Gasteiger charge is -2.35. The van der Waals surface area contributed by atoms with Gasteiger partial charge < -0.3 is 4.90 Å². The number of hydrogen-bond donors (Lipinski definition) is 0. The minimum atomic E-state index is -3.69. The zero-order chi connectivity index (χ0) is 18.2. The maximum absolute atomic E-state index is 12.8. The zero-order valence-corrected chi connectivity index (χ0v) is 16.8. The molecule has 0 aliphatic carbocycles. The Balaban J connectivity index is 1.77. The van der Waals surface area contributed by atoms with E-state index in [0.29, 0.717) is 41.2 Å². The maximum Gasteiger partial charge on any atom is 0.244 e. The molecule has 25 heavy (non-hydrogen) atoms. The average Bonchev–Trinajstić information content (AvgIpc) is 2.59. The third-order valence-corrected chi connectivity index (χ3v) is 7.37. The van der Waals surface area contributed by atoms with E-state index >= 15 is 0 Å². The summed E-state index contributed by atoms with van der Waals surface area (Å²) in [5.74, 6) is 0. The van der Waals surface area contributed by atoms with Crippen molar-refractivity contribution in [3.05, 3.63) is 56.5 Å². The number of anilines is 1. The standard InChI is InChI=1S/C16H14Cl4N2O2S/c17-11-1-3-14(19)16(9-11)25(23,24)22-7-5-21(6-8-22)12-2-4-13(18)15(20)10-12/h1-4,9-10H,5-8H2. The lowest BCUT2D eigenvalue weighted by Crippen LogP contribution is -2.48. The van der Waals surface area contributed by atoms with E-state index in [4.69, 9.17) is 46.4 Å². The van der Waals surface area contributed by atoms with Crippen molar-refractivity contribution in [3.8, 4) is 0 Å². The Hall–Kier alpha value is -0.690. The topological polar surface area (TPSA) is 40.6 Å². The third kappa shape index (κ3) is 4.02. The van der Waals surface area contributed by atoms with Crippen LogP contribution in [0, 0.1) is 0 Å². The molecule has 3 rings (SSSR count). The Bertz CT molecular complexity index is 897. The Morgan fingerprint density at radius 3 is 2.04 bits per heavy atom. The molecule has 2 aromatic rings. The van der Waals surface area contributed by atoms with Gasteiger partial charge in [0.05, 0.1) is 15.1 Å². The summed E-state index contributed by atoms with van der Waals surface area (Å²) in [6.07, 6.45) is 0. The number of halogens is 4. The Morgan fingerprint density at radius 2 is 1.40 bits per heavy atom. The Morgan fingerprint density at radius 1 is 0.760 bits per heavy atom. The van der Waals surface area contributed by atoms with E-state index < -0.39 is 10.0 Å². The highest BCUT2D eigenvalue weighted by Gasteiger charge is 2.30. The van der Waals surface area contributed by atoms with Crippen LogP contribution in [0.25, 0.3) is 0 Å². The molecule has 9 heteroatoms. The van der Waals surface area contributed by atoms with Crippen molar-refractivity contribution in [2.24, 2.45) is 0 Å². The lowest BCUT2D eigenvalue weighted by molar-refractivity contribution is 0.385. The smallest absolute Gasteiger partial charge is 0.244 e. The second-order valence-corrected chi connectivity index (χ2v) is 9.13. The van der Waals surface area contributed by atoms with Crippen molar-refractivity contribution in [2.45, 2.75) is 4.90 Å². The van der Waals surface area contributed by atoms with Crippen LogP contribution in [0.4, 0.5) is 5.69 Å². The van der Waals surface area contributed by atoms with Gasteiger partial charge in [-0.3, -0.25) is 0 Å². The second kappa shape index (κ2) is 7.51. The molecule has 0 unspecified atom stereocenters. The molecule has 1 heterocycles. The van der Waals surface area contributed by atoms with Gasteiger partial charge in [-0.25, -0.2) is 8.42 Å². The first-order valence-electron chi connectivity index (χ1n) is 7.44. The van der Waals surface area contributed by atoms with Gasteiger partial charge in [-0.1, -0.05) is 46.4 Å². The van der Waals surface area contributed by atoms with Gasteiger partial charge in [-0.15, -0.1) is 0 Å². The summed E-state index contributed by atoms with van der Waals surface area (Å²) in [5, 5.41) is 1.45. The fourth-order valence-corrected chi connectivity index (χ4v) is 5.13. The van der Waals surface area contributed by atoms with Crippen LogP contribution < -0.4 is 4.90 Å². The van der Waals surface area contributed by atoms with Gasteiger partial charge in [0.1, 0.15) is 4.90 Å². The van der Waals surface area contributed by atoms with Crippen LogP contribution in [-0.4, -0.2) is 38.9 Å². The lowest BCUT2D eigenvalue weighted by atomic mass is 10.2. The fraction of sp³-hybridized carbons (Fsp3) is 0.250. The molecule has 1 aliphatic rings. The van der Waals surface area contributed by atoms with Crippen LogP contribution in [-0.2, 0) is 10.0 Å².